The van der Waals surface area contributed by atoms with Crippen LogP contribution < -0.4 is 24.3 Å². The van der Waals surface area contributed by atoms with Gasteiger partial charge in [-0.3, -0.25) is 9.59 Å². The molecule has 0 aliphatic heterocycles. The summed E-state index contributed by atoms with van der Waals surface area (Å²) in [7, 11) is 0. The maximum absolute atomic E-state index is 13.0. The number of carbonyl (C=O) groups excluding carboxylic acids is 2. The number of azo groups is 1. The van der Waals surface area contributed by atoms with Crippen molar-refractivity contribution in [1.29, 1.82) is 0 Å². The summed E-state index contributed by atoms with van der Waals surface area (Å²) in [6, 6.07) is 6.88. The summed E-state index contributed by atoms with van der Waals surface area (Å²) in [5.74, 6) is 0.400. The number of Topliss-reactive ketones (excluding diaryl/α,β-unsaturated/α-hetero) is 1. The van der Waals surface area contributed by atoms with Gasteiger partial charge in [-0.2, -0.15) is 10.2 Å². The zero-order chi connectivity index (χ0) is 25.1. The molecule has 1 unspecified atom stereocenters. The van der Waals surface area contributed by atoms with Crippen LogP contribution in [0.5, 0.6) is 23.0 Å². The molecule has 1 atom stereocenters. The Balaban J connectivity index is 2.37. The highest BCUT2D eigenvalue weighted by Crippen LogP contribution is 2.39. The van der Waals surface area contributed by atoms with Crippen LogP contribution in [-0.4, -0.2) is 44.2 Å². The van der Waals surface area contributed by atoms with Crippen LogP contribution in [0, 0.1) is 0 Å². The molecule has 9 nitrogen and oxygen atoms in total. The van der Waals surface area contributed by atoms with Gasteiger partial charge in [0.1, 0.15) is 11.4 Å². The molecular weight excluding hydrogens is 462 g/mol. The number of hydrogen-bond acceptors (Lipinski definition) is 8. The van der Waals surface area contributed by atoms with E-state index in [4.69, 9.17) is 30.5 Å². The molecule has 0 saturated carbocycles. The largest absolute Gasteiger partial charge is 0.494 e. The molecule has 2 aromatic carbocycles. The van der Waals surface area contributed by atoms with Gasteiger partial charge < -0.3 is 24.3 Å². The Kier molecular flexibility index (Phi) is 10.6. The van der Waals surface area contributed by atoms with E-state index < -0.39 is 17.7 Å². The van der Waals surface area contributed by atoms with Crippen LogP contribution in [0.25, 0.3) is 0 Å². The second-order valence-electron chi connectivity index (χ2n) is 6.84. The Morgan fingerprint density at radius 2 is 1.59 bits per heavy atom. The number of benzene rings is 2. The molecule has 0 heterocycles. The standard InChI is InChI=1S/C24H30ClN3O6/c1-6-31-16-13-17(25)22(33-8-3)19(14-16)26-24(30)21(15(5)29)28-27-18-11-10-12-20(32-7-2)23(18)34-9-4/h10-14,21H,6-9H2,1-5H3,(H,26,30). The van der Waals surface area contributed by atoms with Crippen LogP contribution in [-0.2, 0) is 9.59 Å². The summed E-state index contributed by atoms with van der Waals surface area (Å²) in [6.07, 6.45) is 0. The fourth-order valence-corrected chi connectivity index (χ4v) is 3.25. The topological polar surface area (TPSA) is 108 Å². The van der Waals surface area contributed by atoms with E-state index in [1.165, 1.54) is 6.92 Å². The Bertz CT molecular complexity index is 1030. The number of ketones is 1. The second-order valence-corrected chi connectivity index (χ2v) is 7.24. The van der Waals surface area contributed by atoms with Gasteiger partial charge in [0.25, 0.3) is 5.91 Å². The normalized spacial score (nSPS) is 11.7. The zero-order valence-electron chi connectivity index (χ0n) is 20.0. The first kappa shape index (κ1) is 26.9. The quantitative estimate of drug-likeness (QED) is 0.288. The van der Waals surface area contributed by atoms with E-state index >= 15 is 0 Å². The molecule has 184 valence electrons. The molecule has 34 heavy (non-hydrogen) atoms. The number of nitrogens with one attached hydrogen (secondary N) is 1. The van der Waals surface area contributed by atoms with Crippen molar-refractivity contribution in [2.75, 3.05) is 31.7 Å². The van der Waals surface area contributed by atoms with Gasteiger partial charge >= 0.3 is 0 Å². The van der Waals surface area contributed by atoms with Gasteiger partial charge in [0.05, 0.1) is 37.1 Å². The van der Waals surface area contributed by atoms with Crippen LogP contribution in [0.1, 0.15) is 34.6 Å². The molecular formula is C24H30ClN3O6. The van der Waals surface area contributed by atoms with Crippen LogP contribution >= 0.6 is 11.6 Å². The van der Waals surface area contributed by atoms with Crippen molar-refractivity contribution in [1.82, 2.24) is 0 Å². The third-order valence-electron chi connectivity index (χ3n) is 4.34. The third-order valence-corrected chi connectivity index (χ3v) is 4.62. The minimum atomic E-state index is -1.41. The summed E-state index contributed by atoms with van der Waals surface area (Å²) in [4.78, 5) is 25.3. The molecule has 0 saturated heterocycles. The summed E-state index contributed by atoms with van der Waals surface area (Å²) < 4.78 is 22.3. The number of hydrogen-bond donors (Lipinski definition) is 1. The van der Waals surface area contributed by atoms with Crippen molar-refractivity contribution in [2.24, 2.45) is 10.2 Å². The lowest BCUT2D eigenvalue weighted by molar-refractivity contribution is -0.126. The van der Waals surface area contributed by atoms with Crippen molar-refractivity contribution in [3.63, 3.8) is 0 Å². The van der Waals surface area contributed by atoms with Crippen molar-refractivity contribution < 1.29 is 28.5 Å². The van der Waals surface area contributed by atoms with Gasteiger partial charge in [-0.15, -0.1) is 0 Å². The van der Waals surface area contributed by atoms with E-state index in [2.05, 4.69) is 15.5 Å². The molecule has 1 amide bonds. The van der Waals surface area contributed by atoms with Crippen LogP contribution in [0.2, 0.25) is 5.02 Å². The highest BCUT2D eigenvalue weighted by molar-refractivity contribution is 6.33. The number of rotatable bonds is 13. The first-order valence-electron chi connectivity index (χ1n) is 11.1. The summed E-state index contributed by atoms with van der Waals surface area (Å²) in [5, 5.41) is 11.1. The van der Waals surface area contributed by atoms with Crippen molar-refractivity contribution >= 4 is 34.7 Å². The Morgan fingerprint density at radius 1 is 0.941 bits per heavy atom. The van der Waals surface area contributed by atoms with Gasteiger partial charge in [0, 0.05) is 12.1 Å². The molecule has 0 fully saturated rings. The monoisotopic (exact) mass is 491 g/mol. The fourth-order valence-electron chi connectivity index (χ4n) is 2.98. The van der Waals surface area contributed by atoms with Crippen molar-refractivity contribution in [3.05, 3.63) is 35.4 Å². The molecule has 0 radical (unpaired) electrons. The predicted molar refractivity (Wildman–Crippen MR) is 130 cm³/mol. The Morgan fingerprint density at radius 3 is 2.21 bits per heavy atom. The maximum atomic E-state index is 13.0. The third kappa shape index (κ3) is 7.08. The van der Waals surface area contributed by atoms with Gasteiger partial charge in [-0.1, -0.05) is 17.7 Å². The lowest BCUT2D eigenvalue weighted by Crippen LogP contribution is -2.32. The molecule has 0 aromatic heterocycles. The Labute approximate surface area is 204 Å². The predicted octanol–water partition coefficient (Wildman–Crippen LogP) is 5.61. The average molecular weight is 492 g/mol. The number of carbonyl (C=O) groups is 2. The highest BCUT2D eigenvalue weighted by atomic mass is 35.5. The summed E-state index contributed by atoms with van der Waals surface area (Å²) in [6.45, 7) is 10.1. The van der Waals surface area contributed by atoms with E-state index in [1.54, 1.807) is 37.3 Å². The average Bonchev–Trinajstić information content (AvgIpc) is 2.78. The first-order chi connectivity index (χ1) is 16.4. The van der Waals surface area contributed by atoms with Gasteiger partial charge in [0.15, 0.2) is 23.0 Å². The van der Waals surface area contributed by atoms with Gasteiger partial charge in [-0.05, 0) is 46.8 Å². The second kappa shape index (κ2) is 13.4. The van der Waals surface area contributed by atoms with E-state index in [0.717, 1.165) is 0 Å². The lowest BCUT2D eigenvalue weighted by atomic mass is 10.2. The lowest BCUT2D eigenvalue weighted by Gasteiger charge is -2.16. The molecule has 0 aliphatic carbocycles. The zero-order valence-corrected chi connectivity index (χ0v) is 20.8. The fraction of sp³-hybridized carbons (Fsp3) is 0.417. The number of anilines is 1. The molecule has 0 bridgehead atoms. The van der Waals surface area contributed by atoms with Crippen molar-refractivity contribution in [2.45, 2.75) is 40.7 Å². The summed E-state index contributed by atoms with van der Waals surface area (Å²) >= 11 is 6.31. The maximum Gasteiger partial charge on any atom is 0.258 e. The number of halogens is 1. The molecule has 10 heteroatoms. The van der Waals surface area contributed by atoms with Gasteiger partial charge in [-0.25, -0.2) is 0 Å². The smallest absolute Gasteiger partial charge is 0.258 e. The molecule has 2 rings (SSSR count). The minimum Gasteiger partial charge on any atom is -0.494 e. The van der Waals surface area contributed by atoms with E-state index in [9.17, 15) is 9.59 Å². The number of ether oxygens (including phenoxy) is 4. The summed E-state index contributed by atoms with van der Waals surface area (Å²) in [5.41, 5.74) is 0.598. The molecule has 0 aliphatic rings. The number of nitrogens with zero attached hydrogens (tertiary/aromatic N) is 2. The molecule has 0 spiro atoms. The van der Waals surface area contributed by atoms with Crippen LogP contribution in [0.4, 0.5) is 11.4 Å². The van der Waals surface area contributed by atoms with Crippen LogP contribution in [0.3, 0.4) is 0 Å². The van der Waals surface area contributed by atoms with E-state index in [-0.39, 0.29) is 16.5 Å². The minimum absolute atomic E-state index is 0.262. The van der Waals surface area contributed by atoms with Crippen molar-refractivity contribution in [3.8, 4) is 23.0 Å². The first-order valence-corrected chi connectivity index (χ1v) is 11.4. The van der Waals surface area contributed by atoms with E-state index in [0.29, 0.717) is 49.4 Å². The molecule has 2 aromatic rings. The number of amides is 1. The molecule has 1 N–H and O–H groups in total. The van der Waals surface area contributed by atoms with E-state index in [1.807, 2.05) is 20.8 Å². The van der Waals surface area contributed by atoms with Gasteiger partial charge in [0.2, 0.25) is 6.04 Å². The Hall–Kier alpha value is -3.33. The number of para-hydroxylation sites is 1. The van der Waals surface area contributed by atoms with Crippen LogP contribution in [0.15, 0.2) is 40.6 Å². The highest BCUT2D eigenvalue weighted by Gasteiger charge is 2.25. The SMILES string of the molecule is CCOc1cc(Cl)c(OCC)c(NC(=O)C(N=Nc2cccc(OCC)c2OCC)C(C)=O)c1.